The molecule has 1 fully saturated rings. The number of fused-ring (bicyclic) bond motifs is 1. The molecule has 0 spiro atoms. The number of nitrogens with two attached hydrogens (primary N) is 1. The number of nitrogen functional groups attached to an aromatic ring is 1. The first-order chi connectivity index (χ1) is 20.9. The molecule has 44 heavy (non-hydrogen) atoms. The highest BCUT2D eigenvalue weighted by Gasteiger charge is 2.42. The molecule has 11 nitrogen and oxygen atoms in total. The van der Waals surface area contributed by atoms with Gasteiger partial charge in [-0.25, -0.2) is 9.97 Å². The zero-order chi connectivity index (χ0) is 31.8. The number of piperazine rings is 1. The fourth-order valence-electron chi connectivity index (χ4n) is 6.06. The van der Waals surface area contributed by atoms with Crippen molar-refractivity contribution < 1.29 is 22.7 Å². The summed E-state index contributed by atoms with van der Waals surface area (Å²) >= 11 is 1.19. The molecule has 3 atom stereocenters. The normalized spacial score (nSPS) is 20.5. The van der Waals surface area contributed by atoms with Crippen molar-refractivity contribution in [3.8, 4) is 12.1 Å². The average Bonchev–Trinajstić information content (AvgIpc) is 3.38. The van der Waals surface area contributed by atoms with Gasteiger partial charge in [-0.05, 0) is 61.8 Å². The monoisotopic (exact) mass is 627 g/mol. The molecule has 3 aromatic rings. The van der Waals surface area contributed by atoms with E-state index in [0.29, 0.717) is 48.4 Å². The van der Waals surface area contributed by atoms with Gasteiger partial charge in [-0.3, -0.25) is 4.79 Å². The minimum Gasteiger partial charge on any atom is -0.467 e. The summed E-state index contributed by atoms with van der Waals surface area (Å²) in [6, 6.07) is 3.10. The third-order valence-electron chi connectivity index (χ3n) is 8.06. The predicted molar refractivity (Wildman–Crippen MR) is 158 cm³/mol. The second-order valence-electron chi connectivity index (χ2n) is 11.1. The van der Waals surface area contributed by atoms with Gasteiger partial charge in [0.1, 0.15) is 22.5 Å². The van der Waals surface area contributed by atoms with Crippen LogP contribution in [0, 0.1) is 31.1 Å². The lowest BCUT2D eigenvalue weighted by Crippen LogP contribution is -2.55. The van der Waals surface area contributed by atoms with E-state index in [1.54, 1.807) is 17.9 Å². The summed E-state index contributed by atoms with van der Waals surface area (Å²) in [4.78, 5) is 34.4. The van der Waals surface area contributed by atoms with E-state index in [4.69, 9.17) is 10.5 Å². The quantitative estimate of drug-likeness (QED) is 0.396. The highest BCUT2D eigenvalue weighted by atomic mass is 32.1. The minimum atomic E-state index is -4.59. The van der Waals surface area contributed by atoms with Crippen LogP contribution in [0.5, 0.6) is 6.01 Å². The molecule has 4 heterocycles. The number of pyridine rings is 1. The Hall–Kier alpha value is -4.32. The lowest BCUT2D eigenvalue weighted by molar-refractivity contribution is -0.139. The van der Waals surface area contributed by atoms with Crippen LogP contribution in [0.25, 0.3) is 6.08 Å². The summed E-state index contributed by atoms with van der Waals surface area (Å²) in [7, 11) is 1.43. The number of ether oxygens (including phenoxy) is 1. The van der Waals surface area contributed by atoms with Crippen LogP contribution in [-0.2, 0) is 23.8 Å². The number of aryl methyl sites for hydroxylation is 2. The van der Waals surface area contributed by atoms with E-state index in [2.05, 4.69) is 30.4 Å². The Labute approximate surface area is 256 Å². The molecule has 3 aromatic heterocycles. The molecule has 1 amide bonds. The lowest BCUT2D eigenvalue weighted by Gasteiger charge is -2.42. The summed E-state index contributed by atoms with van der Waals surface area (Å²) < 4.78 is 52.0. The Morgan fingerprint density at radius 1 is 1.23 bits per heavy atom. The SMILES string of the molecule is COc1nc2c(c(N3CCN(C(=O)/C=C/c4nc(C)ns4)[C@@H](CC#N)C3)n1)C[C@H](C)[C@@H](c1nc(N)cc(C)c1C(F)(F)F)C2. The summed E-state index contributed by atoms with van der Waals surface area (Å²) in [6.07, 6.45) is -0.828. The van der Waals surface area contributed by atoms with Gasteiger partial charge in [-0.1, -0.05) is 6.92 Å². The van der Waals surface area contributed by atoms with E-state index < -0.39 is 23.7 Å². The summed E-state index contributed by atoms with van der Waals surface area (Å²) in [5, 5.41) is 10.2. The summed E-state index contributed by atoms with van der Waals surface area (Å²) in [5.74, 6) is 0.205. The van der Waals surface area contributed by atoms with E-state index in [1.807, 2.05) is 11.8 Å². The molecular formula is C29H32F3N9O2S. The molecule has 0 radical (unpaired) electrons. The standard InChI is InChI=1S/C29H32F3N9O2S/c1-15-11-20-21(13-19(15)26-25(29(30,31)32)16(2)12-22(34)37-26)36-28(43-4)38-27(20)40-9-10-41(18(14-40)7-8-33)24(42)6-5-23-35-17(3)39-44-23/h5-6,12,15,18-19H,7,9-11,13-14H2,1-4H3,(H2,34,37)/b6-5+/t15-,18-,19-/m0/s1. The van der Waals surface area contributed by atoms with Crippen LogP contribution in [0.15, 0.2) is 12.1 Å². The Kier molecular flexibility index (Phi) is 8.73. The number of carbonyl (C=O) groups excluding carboxylic acids is 1. The van der Waals surface area contributed by atoms with E-state index in [1.165, 1.54) is 37.7 Å². The number of nitriles is 1. The first-order valence-corrected chi connectivity index (χ1v) is 14.9. The average molecular weight is 628 g/mol. The molecule has 15 heteroatoms. The predicted octanol–water partition coefficient (Wildman–Crippen LogP) is 4.11. The number of carbonyl (C=O) groups is 1. The van der Waals surface area contributed by atoms with Crippen LogP contribution in [0.2, 0.25) is 0 Å². The van der Waals surface area contributed by atoms with E-state index >= 15 is 0 Å². The van der Waals surface area contributed by atoms with Crippen molar-refractivity contribution in [2.24, 2.45) is 5.92 Å². The minimum absolute atomic E-state index is 0.0307. The fourth-order valence-corrected chi connectivity index (χ4v) is 6.63. The molecule has 1 aliphatic heterocycles. The van der Waals surface area contributed by atoms with Crippen LogP contribution in [0.1, 0.15) is 58.2 Å². The maximum absolute atomic E-state index is 14.2. The van der Waals surface area contributed by atoms with Crippen LogP contribution in [0.4, 0.5) is 24.8 Å². The zero-order valence-corrected chi connectivity index (χ0v) is 25.5. The highest BCUT2D eigenvalue weighted by Crippen LogP contribution is 2.45. The number of hydrogen-bond acceptors (Lipinski definition) is 11. The van der Waals surface area contributed by atoms with Crippen molar-refractivity contribution in [2.45, 2.75) is 58.2 Å². The van der Waals surface area contributed by atoms with Crippen molar-refractivity contribution in [1.82, 2.24) is 29.2 Å². The molecule has 0 bridgehead atoms. The smallest absolute Gasteiger partial charge is 0.418 e. The van der Waals surface area contributed by atoms with E-state index in [-0.39, 0.29) is 47.8 Å². The summed E-state index contributed by atoms with van der Waals surface area (Å²) in [6.45, 7) is 6.16. The van der Waals surface area contributed by atoms with Crippen molar-refractivity contribution in [3.63, 3.8) is 0 Å². The van der Waals surface area contributed by atoms with Gasteiger partial charge in [0, 0.05) is 37.2 Å². The second kappa shape index (κ2) is 12.4. The Balaban J connectivity index is 1.44. The van der Waals surface area contributed by atoms with Gasteiger partial charge in [-0.15, -0.1) is 0 Å². The van der Waals surface area contributed by atoms with Crippen molar-refractivity contribution in [2.75, 3.05) is 37.4 Å². The molecule has 0 unspecified atom stereocenters. The van der Waals surface area contributed by atoms with Crippen molar-refractivity contribution in [1.29, 1.82) is 5.26 Å². The Morgan fingerprint density at radius 2 is 2.00 bits per heavy atom. The van der Waals surface area contributed by atoms with Crippen molar-refractivity contribution in [3.05, 3.63) is 51.1 Å². The molecule has 0 saturated carbocycles. The second-order valence-corrected chi connectivity index (χ2v) is 11.9. The number of nitrogens with zero attached hydrogens (tertiary/aromatic N) is 8. The van der Waals surface area contributed by atoms with Gasteiger partial charge in [-0.2, -0.15) is 32.8 Å². The van der Waals surface area contributed by atoms with Crippen LogP contribution in [-0.4, -0.2) is 67.9 Å². The molecule has 5 rings (SSSR count). The number of rotatable bonds is 6. The highest BCUT2D eigenvalue weighted by molar-refractivity contribution is 7.06. The van der Waals surface area contributed by atoms with Gasteiger partial charge >= 0.3 is 12.2 Å². The number of alkyl halides is 3. The maximum Gasteiger partial charge on any atom is 0.418 e. The van der Waals surface area contributed by atoms with Crippen LogP contribution >= 0.6 is 11.5 Å². The number of amides is 1. The van der Waals surface area contributed by atoms with Gasteiger partial charge in [0.15, 0.2) is 0 Å². The fraction of sp³-hybridized carbons (Fsp3) is 0.483. The number of aromatic nitrogens is 5. The van der Waals surface area contributed by atoms with Crippen LogP contribution in [0.3, 0.4) is 0 Å². The third-order valence-corrected chi connectivity index (χ3v) is 8.83. The molecular weight excluding hydrogens is 595 g/mol. The molecule has 232 valence electrons. The molecule has 1 saturated heterocycles. The van der Waals surface area contributed by atoms with Crippen LogP contribution < -0.4 is 15.4 Å². The van der Waals surface area contributed by atoms with Gasteiger partial charge in [0.05, 0.1) is 42.6 Å². The van der Waals surface area contributed by atoms with E-state index in [0.717, 1.165) is 5.56 Å². The Morgan fingerprint density at radius 3 is 2.66 bits per heavy atom. The van der Waals surface area contributed by atoms with Crippen molar-refractivity contribution >= 4 is 35.2 Å². The molecule has 1 aliphatic carbocycles. The first kappa shape index (κ1) is 31.1. The molecule has 2 aliphatic rings. The van der Waals surface area contributed by atoms with Gasteiger partial charge < -0.3 is 20.3 Å². The number of halogens is 3. The zero-order valence-electron chi connectivity index (χ0n) is 24.7. The topological polar surface area (TPSA) is 147 Å². The number of methoxy groups -OCH3 is 1. The van der Waals surface area contributed by atoms with Gasteiger partial charge in [0.2, 0.25) is 5.91 Å². The molecule has 0 aromatic carbocycles. The van der Waals surface area contributed by atoms with Gasteiger partial charge in [0.25, 0.3) is 0 Å². The lowest BCUT2D eigenvalue weighted by atomic mass is 9.75. The third kappa shape index (κ3) is 6.30. The number of anilines is 2. The van der Waals surface area contributed by atoms with E-state index in [9.17, 15) is 23.2 Å². The largest absolute Gasteiger partial charge is 0.467 e. The number of hydrogen-bond donors (Lipinski definition) is 1. The summed E-state index contributed by atoms with van der Waals surface area (Å²) in [5.41, 5.74) is 6.50. The first-order valence-electron chi connectivity index (χ1n) is 14.1. The maximum atomic E-state index is 14.2. The molecule has 2 N–H and O–H groups in total. The Bertz CT molecular complexity index is 1640.